The molecule has 96 valence electrons. The first-order valence-electron chi connectivity index (χ1n) is 7.14. The van der Waals surface area contributed by atoms with Gasteiger partial charge in [0.1, 0.15) is 5.82 Å². The normalized spacial score (nSPS) is 27.2. The maximum absolute atomic E-state index is 4.96. The van der Waals surface area contributed by atoms with Gasteiger partial charge in [0, 0.05) is 24.6 Å². The van der Waals surface area contributed by atoms with E-state index in [1.54, 1.807) is 0 Å². The minimum Gasteiger partial charge on any atom is -0.307 e. The molecule has 4 rings (SSSR count). The molecule has 0 amide bonds. The van der Waals surface area contributed by atoms with Crippen LogP contribution in [0.2, 0.25) is 0 Å². The maximum Gasteiger partial charge on any atom is 0.141 e. The van der Waals surface area contributed by atoms with Gasteiger partial charge in [0.15, 0.2) is 0 Å². The molecule has 1 aromatic heterocycles. The average Bonchev–Trinajstić information content (AvgIpc) is 3.16. The van der Waals surface area contributed by atoms with Crippen LogP contribution in [-0.4, -0.2) is 15.7 Å². The molecule has 1 saturated heterocycles. The molecule has 2 fully saturated rings. The highest BCUT2D eigenvalue weighted by Gasteiger charge is 2.32. The first-order chi connectivity index (χ1) is 8.92. The van der Waals surface area contributed by atoms with Gasteiger partial charge in [-0.3, -0.25) is 0 Å². The summed E-state index contributed by atoms with van der Waals surface area (Å²) in [5, 5.41) is 3.99. The second-order valence-electron chi connectivity index (χ2n) is 5.63. The van der Waals surface area contributed by atoms with Crippen molar-refractivity contribution in [3.8, 4) is 0 Å². The molecule has 1 aliphatic carbocycles. The van der Waals surface area contributed by atoms with E-state index in [2.05, 4.69) is 17.1 Å². The van der Waals surface area contributed by atoms with E-state index < -0.39 is 0 Å². The van der Waals surface area contributed by atoms with Crippen molar-refractivity contribution in [3.63, 3.8) is 0 Å². The van der Waals surface area contributed by atoms with Gasteiger partial charge in [-0.1, -0.05) is 6.42 Å². The number of hydrogen-bond donors (Lipinski definition) is 1. The Bertz CT molecular complexity index is 464. The minimum atomic E-state index is 0.558. The van der Waals surface area contributed by atoms with E-state index in [1.807, 2.05) is 0 Å². The zero-order valence-corrected chi connectivity index (χ0v) is 11.4. The SMILES string of the molecule is C1CCC(c2nc3c(c(C4CC4)n2)CNC3)SC1. The van der Waals surface area contributed by atoms with Crippen molar-refractivity contribution in [1.29, 1.82) is 0 Å². The maximum atomic E-state index is 4.96. The zero-order valence-electron chi connectivity index (χ0n) is 10.6. The number of aromatic nitrogens is 2. The number of hydrogen-bond acceptors (Lipinski definition) is 4. The van der Waals surface area contributed by atoms with E-state index in [0.717, 1.165) is 24.8 Å². The predicted octanol–water partition coefficient (Wildman–Crippen LogP) is 2.92. The van der Waals surface area contributed by atoms with Crippen LogP contribution in [-0.2, 0) is 13.1 Å². The van der Waals surface area contributed by atoms with E-state index in [-0.39, 0.29) is 0 Å². The molecule has 0 spiro atoms. The lowest BCUT2D eigenvalue weighted by molar-refractivity contribution is 0.654. The Balaban J connectivity index is 1.72. The van der Waals surface area contributed by atoms with Crippen molar-refractivity contribution < 1.29 is 0 Å². The molecule has 18 heavy (non-hydrogen) atoms. The fourth-order valence-corrected chi connectivity index (χ4v) is 4.24. The number of rotatable bonds is 2. The molecule has 1 atom stereocenters. The van der Waals surface area contributed by atoms with Gasteiger partial charge in [-0.15, -0.1) is 0 Å². The summed E-state index contributed by atoms with van der Waals surface area (Å²) in [6.07, 6.45) is 6.64. The molecule has 3 heterocycles. The monoisotopic (exact) mass is 261 g/mol. The number of nitrogens with zero attached hydrogens (tertiary/aromatic N) is 2. The fourth-order valence-electron chi connectivity index (χ4n) is 3.00. The lowest BCUT2D eigenvalue weighted by Gasteiger charge is -2.21. The smallest absolute Gasteiger partial charge is 0.141 e. The number of nitrogens with one attached hydrogen (secondary N) is 1. The van der Waals surface area contributed by atoms with Gasteiger partial charge in [-0.25, -0.2) is 9.97 Å². The molecule has 4 heteroatoms. The van der Waals surface area contributed by atoms with Crippen molar-refractivity contribution in [2.75, 3.05) is 5.75 Å². The van der Waals surface area contributed by atoms with E-state index in [1.165, 1.54) is 54.8 Å². The summed E-state index contributed by atoms with van der Waals surface area (Å²) >= 11 is 2.06. The van der Waals surface area contributed by atoms with Crippen molar-refractivity contribution in [3.05, 3.63) is 22.8 Å². The zero-order chi connectivity index (χ0) is 11.9. The summed E-state index contributed by atoms with van der Waals surface area (Å²) in [7, 11) is 0. The van der Waals surface area contributed by atoms with Crippen LogP contribution in [0.15, 0.2) is 0 Å². The van der Waals surface area contributed by atoms with Crippen molar-refractivity contribution >= 4 is 11.8 Å². The summed E-state index contributed by atoms with van der Waals surface area (Å²) in [6, 6.07) is 0. The number of thioether (sulfide) groups is 1. The summed E-state index contributed by atoms with van der Waals surface area (Å²) in [6.45, 7) is 1.93. The van der Waals surface area contributed by atoms with Gasteiger partial charge in [-0.05, 0) is 31.4 Å². The molecule has 1 unspecified atom stereocenters. The number of fused-ring (bicyclic) bond motifs is 1. The average molecular weight is 261 g/mol. The molecule has 1 aromatic rings. The van der Waals surface area contributed by atoms with Crippen molar-refractivity contribution in [1.82, 2.24) is 15.3 Å². The van der Waals surface area contributed by atoms with Gasteiger partial charge in [0.05, 0.1) is 16.6 Å². The van der Waals surface area contributed by atoms with Gasteiger partial charge in [0.25, 0.3) is 0 Å². The topological polar surface area (TPSA) is 37.8 Å². The Morgan fingerprint density at radius 2 is 2.00 bits per heavy atom. The molecule has 2 aliphatic heterocycles. The van der Waals surface area contributed by atoms with Crippen molar-refractivity contribution in [2.45, 2.75) is 56.4 Å². The molecule has 1 N–H and O–H groups in total. The van der Waals surface area contributed by atoms with E-state index in [4.69, 9.17) is 9.97 Å². The van der Waals surface area contributed by atoms with Crippen molar-refractivity contribution in [2.24, 2.45) is 0 Å². The van der Waals surface area contributed by atoms with Crippen LogP contribution in [0.25, 0.3) is 0 Å². The second-order valence-corrected chi connectivity index (χ2v) is 6.94. The lowest BCUT2D eigenvalue weighted by atomic mass is 10.1. The quantitative estimate of drug-likeness (QED) is 0.888. The third-order valence-electron chi connectivity index (χ3n) is 4.17. The molecule has 0 bridgehead atoms. The first kappa shape index (κ1) is 11.2. The predicted molar refractivity (Wildman–Crippen MR) is 73.6 cm³/mol. The highest BCUT2D eigenvalue weighted by Crippen LogP contribution is 2.44. The summed E-state index contributed by atoms with van der Waals surface area (Å²) in [5.74, 6) is 3.15. The molecule has 3 nitrogen and oxygen atoms in total. The molecule has 3 aliphatic rings. The molecule has 0 radical (unpaired) electrons. The van der Waals surface area contributed by atoms with Crippen LogP contribution in [0, 0.1) is 0 Å². The van der Waals surface area contributed by atoms with Gasteiger partial charge in [0.2, 0.25) is 0 Å². The third kappa shape index (κ3) is 1.95. The van der Waals surface area contributed by atoms with Crippen LogP contribution in [0.4, 0.5) is 0 Å². The largest absolute Gasteiger partial charge is 0.307 e. The lowest BCUT2D eigenvalue weighted by Crippen LogP contribution is -2.11. The molecule has 0 aromatic carbocycles. The first-order valence-corrected chi connectivity index (χ1v) is 8.18. The van der Waals surface area contributed by atoms with Crippen LogP contribution in [0.3, 0.4) is 0 Å². The van der Waals surface area contributed by atoms with Gasteiger partial charge >= 0.3 is 0 Å². The van der Waals surface area contributed by atoms with Crippen LogP contribution < -0.4 is 5.32 Å². The van der Waals surface area contributed by atoms with Crippen LogP contribution in [0.1, 0.15) is 66.0 Å². The summed E-state index contributed by atoms with van der Waals surface area (Å²) in [4.78, 5) is 9.81. The molecular weight excluding hydrogens is 242 g/mol. The molecule has 1 saturated carbocycles. The third-order valence-corrected chi connectivity index (χ3v) is 5.54. The summed E-state index contributed by atoms with van der Waals surface area (Å²) in [5.41, 5.74) is 4.08. The Morgan fingerprint density at radius 3 is 2.78 bits per heavy atom. The van der Waals surface area contributed by atoms with Crippen LogP contribution in [0.5, 0.6) is 0 Å². The van der Waals surface area contributed by atoms with Crippen LogP contribution >= 0.6 is 11.8 Å². The highest BCUT2D eigenvalue weighted by molar-refractivity contribution is 7.99. The minimum absolute atomic E-state index is 0.558. The highest BCUT2D eigenvalue weighted by atomic mass is 32.2. The second kappa shape index (κ2) is 4.49. The summed E-state index contributed by atoms with van der Waals surface area (Å²) < 4.78 is 0. The van der Waals surface area contributed by atoms with E-state index in [0.29, 0.717) is 5.25 Å². The fraction of sp³-hybridized carbons (Fsp3) is 0.714. The Morgan fingerprint density at radius 1 is 1.06 bits per heavy atom. The van der Waals surface area contributed by atoms with Gasteiger partial charge < -0.3 is 5.32 Å². The Labute approximate surface area is 112 Å². The Kier molecular flexibility index (Phi) is 2.81. The van der Waals surface area contributed by atoms with E-state index >= 15 is 0 Å². The van der Waals surface area contributed by atoms with Gasteiger partial charge in [-0.2, -0.15) is 11.8 Å². The standard InChI is InChI=1S/C14H19N3S/c1-2-6-18-12(3-1)14-16-11-8-15-7-10(11)13(17-14)9-4-5-9/h9,12,15H,1-8H2. The van der Waals surface area contributed by atoms with E-state index in [9.17, 15) is 0 Å². The Hall–Kier alpha value is -0.610. The molecular formula is C14H19N3S.